The molecule has 1 aliphatic carbocycles. The van der Waals surface area contributed by atoms with E-state index in [1.54, 1.807) is 0 Å². The Bertz CT molecular complexity index is 723. The van der Waals surface area contributed by atoms with Gasteiger partial charge in [0.2, 0.25) is 0 Å². The molecule has 1 N–H and O–H groups in total. The number of halogens is 1. The number of rotatable bonds is 6. The van der Waals surface area contributed by atoms with E-state index in [2.05, 4.69) is 76.6 Å². The second-order valence-electron chi connectivity index (χ2n) is 7.44. The van der Waals surface area contributed by atoms with Crippen LogP contribution in [0.3, 0.4) is 0 Å². The van der Waals surface area contributed by atoms with Gasteiger partial charge in [-0.25, -0.2) is 0 Å². The third-order valence-corrected chi connectivity index (χ3v) is 6.26. The van der Waals surface area contributed by atoms with Crippen LogP contribution >= 0.6 is 15.9 Å². The number of hydrogen-bond acceptors (Lipinski definition) is 3. The van der Waals surface area contributed by atoms with Crippen LogP contribution in [-0.4, -0.2) is 17.3 Å². The van der Waals surface area contributed by atoms with E-state index in [1.165, 1.54) is 16.7 Å². The average Bonchev–Trinajstić information content (AvgIpc) is 2.66. The van der Waals surface area contributed by atoms with E-state index in [9.17, 15) is 10.0 Å². The predicted octanol–water partition coefficient (Wildman–Crippen LogP) is 5.97. The van der Waals surface area contributed by atoms with Crippen LogP contribution in [0, 0.1) is 17.7 Å². The van der Waals surface area contributed by atoms with Crippen LogP contribution in [0.2, 0.25) is 0 Å². The number of nitrogens with zero attached hydrogens (tertiary/aromatic N) is 1. The van der Waals surface area contributed by atoms with Gasteiger partial charge >= 0.3 is 0 Å². The van der Waals surface area contributed by atoms with Crippen LogP contribution in [0.4, 0.5) is 0 Å². The predicted molar refractivity (Wildman–Crippen MR) is 109 cm³/mol. The smallest absolute Gasteiger partial charge is 0.0956 e. The summed E-state index contributed by atoms with van der Waals surface area (Å²) in [5, 5.41) is 13.3. The minimum Gasteiger partial charge on any atom is -0.393 e. The van der Waals surface area contributed by atoms with Gasteiger partial charge in [0.1, 0.15) is 0 Å². The molecule has 0 saturated heterocycles. The van der Waals surface area contributed by atoms with Gasteiger partial charge in [0, 0.05) is 10.4 Å². The van der Waals surface area contributed by atoms with E-state index in [4.69, 9.17) is 0 Å². The van der Waals surface area contributed by atoms with Crippen LogP contribution < -0.4 is 0 Å². The summed E-state index contributed by atoms with van der Waals surface area (Å²) in [6, 6.07) is 16.6. The van der Waals surface area contributed by atoms with Crippen molar-refractivity contribution in [1.29, 1.82) is 0 Å². The Kier molecular flexibility index (Phi) is 6.60. The quantitative estimate of drug-likeness (QED) is 0.590. The summed E-state index contributed by atoms with van der Waals surface area (Å²) in [5.41, 5.74) is 3.72. The van der Waals surface area contributed by atoms with Gasteiger partial charge in [0.25, 0.3) is 0 Å². The Balaban J connectivity index is 1.88. The minimum atomic E-state index is -0.212. The van der Waals surface area contributed by atoms with Crippen LogP contribution in [0.1, 0.15) is 54.7 Å². The number of aliphatic hydroxyl groups excluding tert-OH is 1. The first-order valence-corrected chi connectivity index (χ1v) is 10.2. The Morgan fingerprint density at radius 2 is 1.73 bits per heavy atom. The van der Waals surface area contributed by atoms with Gasteiger partial charge in [-0.2, -0.15) is 4.91 Å². The van der Waals surface area contributed by atoms with Crippen LogP contribution in [-0.2, 0) is 0 Å². The van der Waals surface area contributed by atoms with E-state index < -0.39 is 0 Å². The van der Waals surface area contributed by atoms with Crippen LogP contribution in [0.25, 0.3) is 0 Å². The first-order valence-electron chi connectivity index (χ1n) is 9.40. The lowest BCUT2D eigenvalue weighted by Gasteiger charge is -2.31. The summed E-state index contributed by atoms with van der Waals surface area (Å²) in [6.07, 6.45) is 3.85. The molecule has 1 fully saturated rings. The van der Waals surface area contributed by atoms with Crippen molar-refractivity contribution in [2.24, 2.45) is 11.1 Å². The highest BCUT2D eigenvalue weighted by Crippen LogP contribution is 2.37. The zero-order valence-electron chi connectivity index (χ0n) is 15.1. The number of aryl methyl sites for hydroxylation is 1. The Labute approximate surface area is 163 Å². The lowest BCUT2D eigenvalue weighted by molar-refractivity contribution is 0.100. The molecule has 0 heterocycles. The second kappa shape index (κ2) is 8.92. The fourth-order valence-corrected chi connectivity index (χ4v) is 4.43. The highest BCUT2D eigenvalue weighted by molar-refractivity contribution is 9.10. The van der Waals surface area contributed by atoms with Crippen molar-refractivity contribution in [2.45, 2.75) is 57.1 Å². The van der Waals surface area contributed by atoms with Crippen molar-refractivity contribution in [1.82, 2.24) is 0 Å². The van der Waals surface area contributed by atoms with E-state index >= 15 is 0 Å². The largest absolute Gasteiger partial charge is 0.393 e. The van der Waals surface area contributed by atoms with E-state index in [-0.39, 0.29) is 24.0 Å². The lowest BCUT2D eigenvalue weighted by atomic mass is 9.76. The molecule has 3 rings (SSSR count). The maximum atomic E-state index is 11.7. The molecule has 0 spiro atoms. The third-order valence-electron chi connectivity index (χ3n) is 5.73. The molecular formula is C22H26BrNO2. The average molecular weight is 416 g/mol. The first-order chi connectivity index (χ1) is 12.6. The van der Waals surface area contributed by atoms with Gasteiger partial charge in [-0.05, 0) is 73.8 Å². The van der Waals surface area contributed by atoms with Crippen molar-refractivity contribution >= 4 is 15.9 Å². The molecule has 1 aliphatic rings. The van der Waals surface area contributed by atoms with Crippen molar-refractivity contribution in [2.75, 3.05) is 0 Å². The van der Waals surface area contributed by atoms with Gasteiger partial charge in [0.15, 0.2) is 0 Å². The summed E-state index contributed by atoms with van der Waals surface area (Å²) in [5.74, 6) is 0.428. The highest BCUT2D eigenvalue weighted by atomic mass is 79.9. The number of benzene rings is 2. The number of nitroso groups, excluding NO2 is 1. The molecule has 1 saturated carbocycles. The molecule has 3 nitrogen and oxygen atoms in total. The molecule has 2 aromatic carbocycles. The first kappa shape index (κ1) is 19.2. The lowest BCUT2D eigenvalue weighted by Crippen LogP contribution is -2.28. The number of hydrogen-bond donors (Lipinski definition) is 1. The van der Waals surface area contributed by atoms with Gasteiger partial charge in [-0.1, -0.05) is 57.5 Å². The standard InChI is InChI=1S/C22H26BrNO2/c1-15-4-2-3-5-20(15)21(16-6-10-18(23)11-7-16)14-22(24-26)17-8-12-19(25)13-9-17/h2-7,10-11,17,19,21-22,25H,8-9,12-14H2,1H3. The normalized spacial score (nSPS) is 22.6. The molecule has 2 aromatic rings. The molecule has 2 unspecified atom stereocenters. The van der Waals surface area contributed by atoms with Crippen LogP contribution in [0.5, 0.6) is 0 Å². The fourth-order valence-electron chi connectivity index (χ4n) is 4.16. The summed E-state index contributed by atoms with van der Waals surface area (Å²) in [6.45, 7) is 2.13. The molecule has 26 heavy (non-hydrogen) atoms. The maximum Gasteiger partial charge on any atom is 0.0956 e. The Morgan fingerprint density at radius 3 is 2.35 bits per heavy atom. The maximum absolute atomic E-state index is 11.7. The molecule has 2 atom stereocenters. The van der Waals surface area contributed by atoms with Crippen molar-refractivity contribution in [3.8, 4) is 0 Å². The molecule has 0 aromatic heterocycles. The zero-order chi connectivity index (χ0) is 18.5. The van der Waals surface area contributed by atoms with E-state index in [0.717, 1.165) is 36.6 Å². The Hall–Kier alpha value is -1.52. The molecule has 0 radical (unpaired) electrons. The SMILES string of the molecule is Cc1ccccc1C(CC(N=O)C1CCC(O)CC1)c1ccc(Br)cc1. The molecular weight excluding hydrogens is 390 g/mol. The van der Waals surface area contributed by atoms with Gasteiger partial charge in [0.05, 0.1) is 12.1 Å². The van der Waals surface area contributed by atoms with Gasteiger partial charge in [-0.3, -0.25) is 0 Å². The third kappa shape index (κ3) is 4.60. The van der Waals surface area contributed by atoms with Crippen molar-refractivity contribution in [3.63, 3.8) is 0 Å². The highest BCUT2D eigenvalue weighted by Gasteiger charge is 2.31. The van der Waals surface area contributed by atoms with Crippen molar-refractivity contribution < 1.29 is 5.11 Å². The summed E-state index contributed by atoms with van der Waals surface area (Å²) < 4.78 is 1.05. The molecule has 0 amide bonds. The minimum absolute atomic E-state index is 0.152. The molecule has 0 aliphatic heterocycles. The topological polar surface area (TPSA) is 49.7 Å². The summed E-state index contributed by atoms with van der Waals surface area (Å²) in [7, 11) is 0. The van der Waals surface area contributed by atoms with E-state index in [1.807, 2.05) is 0 Å². The van der Waals surface area contributed by atoms with Crippen molar-refractivity contribution in [3.05, 3.63) is 74.6 Å². The molecule has 0 bridgehead atoms. The van der Waals surface area contributed by atoms with E-state index in [0.29, 0.717) is 0 Å². The van der Waals surface area contributed by atoms with Gasteiger partial charge < -0.3 is 5.11 Å². The second-order valence-corrected chi connectivity index (χ2v) is 8.35. The summed E-state index contributed by atoms with van der Waals surface area (Å²) in [4.78, 5) is 11.7. The van der Waals surface area contributed by atoms with Gasteiger partial charge in [-0.15, -0.1) is 0 Å². The number of aliphatic hydroxyl groups is 1. The van der Waals surface area contributed by atoms with Crippen LogP contribution in [0.15, 0.2) is 58.2 Å². The summed E-state index contributed by atoms with van der Waals surface area (Å²) >= 11 is 3.51. The zero-order valence-corrected chi connectivity index (χ0v) is 16.7. The Morgan fingerprint density at radius 1 is 1.08 bits per heavy atom. The molecule has 4 heteroatoms. The molecule has 138 valence electrons. The monoisotopic (exact) mass is 415 g/mol. The fraction of sp³-hybridized carbons (Fsp3) is 0.455.